The molecule has 0 spiro atoms. The molecular weight excluding hydrogens is 537 g/mol. The second-order valence-electron chi connectivity index (χ2n) is 10.7. The molecule has 4 rings (SSSR count). The van der Waals surface area contributed by atoms with Gasteiger partial charge in [-0.05, 0) is 79.5 Å². The van der Waals surface area contributed by atoms with Crippen LogP contribution in [0.1, 0.15) is 73.7 Å². The van der Waals surface area contributed by atoms with Crippen molar-refractivity contribution < 1.29 is 27.5 Å². The van der Waals surface area contributed by atoms with Gasteiger partial charge in [-0.3, -0.25) is 4.79 Å². The van der Waals surface area contributed by atoms with Crippen LogP contribution in [0.3, 0.4) is 0 Å². The standard InChI is InChI=1S/C29H35F3N6O3/c30-29(31,32)41-25-16-12-23(13-17-25)35-28(40)38(24-14-10-21(11-15-24)20-4-2-1-3-5-20)18-19-6-8-22(9-7-19)26(39)36-27(33)37-34/h6-9,12-13,16-17,20-21,24,34H,1-5,10-11,14-15,18H2,(H,35,40)(H2,33,36,39). The van der Waals surface area contributed by atoms with E-state index in [1.54, 1.807) is 29.2 Å². The van der Waals surface area contributed by atoms with Gasteiger partial charge < -0.3 is 20.7 Å². The van der Waals surface area contributed by atoms with Gasteiger partial charge in [-0.1, -0.05) is 44.2 Å². The highest BCUT2D eigenvalue weighted by atomic mass is 19.4. The zero-order chi connectivity index (χ0) is 29.4. The number of amides is 3. The molecule has 2 aromatic carbocycles. The Morgan fingerprint density at radius 1 is 0.927 bits per heavy atom. The highest BCUT2D eigenvalue weighted by molar-refractivity contribution is 6.02. The van der Waals surface area contributed by atoms with Crippen molar-refractivity contribution >= 4 is 23.6 Å². The molecule has 12 heteroatoms. The number of hydrogen-bond acceptors (Lipinski definition) is 4. The average Bonchev–Trinajstić information content (AvgIpc) is 2.97. The Hall–Kier alpha value is -3.96. The second kappa shape index (κ2) is 13.6. The molecular formula is C29H35F3N6O3. The number of anilines is 1. The number of urea groups is 1. The first-order valence-electron chi connectivity index (χ1n) is 13.9. The minimum Gasteiger partial charge on any atom is -0.406 e. The van der Waals surface area contributed by atoms with Crippen molar-refractivity contribution in [2.45, 2.75) is 76.7 Å². The van der Waals surface area contributed by atoms with Crippen molar-refractivity contribution in [2.24, 2.45) is 27.7 Å². The molecule has 9 nitrogen and oxygen atoms in total. The average molecular weight is 573 g/mol. The lowest BCUT2D eigenvalue weighted by molar-refractivity contribution is -0.274. The van der Waals surface area contributed by atoms with Crippen LogP contribution >= 0.6 is 0 Å². The molecule has 0 aliphatic heterocycles. The molecule has 0 bridgehead atoms. The van der Waals surface area contributed by atoms with E-state index in [4.69, 9.17) is 11.3 Å². The number of nitrogens with zero attached hydrogens (tertiary/aromatic N) is 3. The van der Waals surface area contributed by atoms with E-state index in [0.717, 1.165) is 49.3 Å². The van der Waals surface area contributed by atoms with E-state index < -0.39 is 18.2 Å². The molecule has 3 amide bonds. The number of rotatable bonds is 7. The molecule has 2 aliphatic rings. The lowest BCUT2D eigenvalue weighted by Gasteiger charge is -2.40. The van der Waals surface area contributed by atoms with Crippen molar-refractivity contribution in [1.82, 2.24) is 4.90 Å². The first-order chi connectivity index (χ1) is 19.6. The number of carbonyl (C=O) groups excluding carboxylic acids is 2. The number of halogens is 3. The summed E-state index contributed by atoms with van der Waals surface area (Å²) in [5, 5.41) is 5.74. The number of aliphatic imine (C=N–C) groups is 1. The summed E-state index contributed by atoms with van der Waals surface area (Å²) in [6, 6.07) is 11.3. The molecule has 2 fully saturated rings. The fraction of sp³-hybridized carbons (Fsp3) is 0.483. The van der Waals surface area contributed by atoms with Crippen molar-refractivity contribution in [3.8, 4) is 5.75 Å². The topological polar surface area (TPSA) is 133 Å². The third kappa shape index (κ3) is 8.76. The van der Waals surface area contributed by atoms with Crippen LogP contribution in [0, 0.1) is 17.4 Å². The minimum atomic E-state index is -4.80. The summed E-state index contributed by atoms with van der Waals surface area (Å²) in [4.78, 5) is 31.0. The van der Waals surface area contributed by atoms with Gasteiger partial charge in [-0.2, -0.15) is 4.99 Å². The van der Waals surface area contributed by atoms with Crippen LogP contribution in [-0.4, -0.2) is 35.2 Å². The smallest absolute Gasteiger partial charge is 0.406 e. The summed E-state index contributed by atoms with van der Waals surface area (Å²) in [5.41, 5.74) is 13.6. The molecule has 0 radical (unpaired) electrons. The highest BCUT2D eigenvalue weighted by Gasteiger charge is 2.33. The first-order valence-corrected chi connectivity index (χ1v) is 13.9. The molecule has 0 unspecified atom stereocenters. The fourth-order valence-corrected chi connectivity index (χ4v) is 5.94. The maximum Gasteiger partial charge on any atom is 0.573 e. The van der Waals surface area contributed by atoms with Crippen molar-refractivity contribution in [2.75, 3.05) is 5.32 Å². The Kier molecular flexibility index (Phi) is 9.95. The van der Waals surface area contributed by atoms with Gasteiger partial charge in [-0.15, -0.1) is 18.3 Å². The molecule has 0 saturated heterocycles. The van der Waals surface area contributed by atoms with Crippen LogP contribution in [0.15, 0.2) is 58.6 Å². The minimum absolute atomic E-state index is 0.00736. The SMILES string of the molecule is N=NC(N)=NC(=O)c1ccc(CN(C(=O)Nc2ccc(OC(F)(F)F)cc2)C2CCC(C3CCCCC3)CC2)cc1. The molecule has 0 aromatic heterocycles. The van der Waals surface area contributed by atoms with E-state index in [1.165, 1.54) is 44.2 Å². The summed E-state index contributed by atoms with van der Waals surface area (Å²) in [7, 11) is 0. The zero-order valence-electron chi connectivity index (χ0n) is 22.7. The van der Waals surface area contributed by atoms with E-state index in [1.807, 2.05) is 0 Å². The largest absolute Gasteiger partial charge is 0.573 e. The lowest BCUT2D eigenvalue weighted by Crippen LogP contribution is -2.44. The summed E-state index contributed by atoms with van der Waals surface area (Å²) in [6.07, 6.45) is 5.51. The Morgan fingerprint density at radius 3 is 2.12 bits per heavy atom. The normalized spacial score (nSPS) is 20.2. The molecule has 0 heterocycles. The zero-order valence-corrected chi connectivity index (χ0v) is 22.7. The first kappa shape index (κ1) is 30.0. The predicted molar refractivity (Wildman–Crippen MR) is 148 cm³/mol. The van der Waals surface area contributed by atoms with Gasteiger partial charge in [0.05, 0.1) is 0 Å². The summed E-state index contributed by atoms with van der Waals surface area (Å²) in [5.74, 6) is -0.00618. The van der Waals surface area contributed by atoms with Crippen LogP contribution in [0.2, 0.25) is 0 Å². The highest BCUT2D eigenvalue weighted by Crippen LogP contribution is 2.39. The molecule has 2 aromatic rings. The fourth-order valence-electron chi connectivity index (χ4n) is 5.94. The number of carbonyl (C=O) groups is 2. The molecule has 4 N–H and O–H groups in total. The summed E-state index contributed by atoms with van der Waals surface area (Å²) in [6.45, 7) is 0.280. The number of guanidine groups is 1. The summed E-state index contributed by atoms with van der Waals surface area (Å²) < 4.78 is 41.5. The van der Waals surface area contributed by atoms with Crippen LogP contribution in [-0.2, 0) is 6.54 Å². The van der Waals surface area contributed by atoms with Crippen molar-refractivity contribution in [3.05, 3.63) is 59.7 Å². The molecule has 2 aliphatic carbocycles. The number of ether oxygens (including phenoxy) is 1. The number of benzene rings is 2. The number of alkyl halides is 3. The van der Waals surface area contributed by atoms with E-state index in [0.29, 0.717) is 11.6 Å². The monoisotopic (exact) mass is 572 g/mol. The van der Waals surface area contributed by atoms with Gasteiger partial charge in [0.2, 0.25) is 5.96 Å². The van der Waals surface area contributed by atoms with Gasteiger partial charge in [-0.25, -0.2) is 10.3 Å². The van der Waals surface area contributed by atoms with Gasteiger partial charge in [0, 0.05) is 23.8 Å². The molecule has 0 atom stereocenters. The third-order valence-electron chi connectivity index (χ3n) is 7.98. The summed E-state index contributed by atoms with van der Waals surface area (Å²) >= 11 is 0. The Balaban J connectivity index is 1.47. The molecule has 2 saturated carbocycles. The van der Waals surface area contributed by atoms with E-state index in [2.05, 4.69) is 20.2 Å². The Labute approximate surface area is 236 Å². The van der Waals surface area contributed by atoms with Gasteiger partial charge >= 0.3 is 12.4 Å². The van der Waals surface area contributed by atoms with E-state index >= 15 is 0 Å². The van der Waals surface area contributed by atoms with Crippen LogP contribution in [0.4, 0.5) is 23.7 Å². The predicted octanol–water partition coefficient (Wildman–Crippen LogP) is 7.24. The van der Waals surface area contributed by atoms with Crippen molar-refractivity contribution in [3.63, 3.8) is 0 Å². The number of nitrogens with two attached hydrogens (primary N) is 1. The van der Waals surface area contributed by atoms with E-state index in [9.17, 15) is 22.8 Å². The van der Waals surface area contributed by atoms with Crippen LogP contribution in [0.25, 0.3) is 0 Å². The van der Waals surface area contributed by atoms with Crippen LogP contribution < -0.4 is 15.8 Å². The van der Waals surface area contributed by atoms with Crippen LogP contribution in [0.5, 0.6) is 5.75 Å². The van der Waals surface area contributed by atoms with Gasteiger partial charge in [0.15, 0.2) is 0 Å². The van der Waals surface area contributed by atoms with Gasteiger partial charge in [0.25, 0.3) is 5.91 Å². The van der Waals surface area contributed by atoms with Crippen molar-refractivity contribution in [1.29, 1.82) is 5.53 Å². The van der Waals surface area contributed by atoms with E-state index in [-0.39, 0.29) is 29.9 Å². The molecule has 220 valence electrons. The van der Waals surface area contributed by atoms with Gasteiger partial charge in [0.1, 0.15) is 5.75 Å². The number of nitrogens with one attached hydrogen (secondary N) is 2. The number of hydrogen-bond donors (Lipinski definition) is 3. The third-order valence-corrected chi connectivity index (χ3v) is 7.98. The quantitative estimate of drug-likeness (QED) is 0.183. The maximum absolute atomic E-state index is 13.5. The maximum atomic E-state index is 13.5. The molecule has 41 heavy (non-hydrogen) atoms. The second-order valence-corrected chi connectivity index (χ2v) is 10.7. The Bertz CT molecular complexity index is 1220. The lowest BCUT2D eigenvalue weighted by atomic mass is 9.72. The Morgan fingerprint density at radius 2 is 1.54 bits per heavy atom.